The van der Waals surface area contributed by atoms with Crippen LogP contribution in [0.2, 0.25) is 0 Å². The van der Waals surface area contributed by atoms with Crippen LogP contribution in [0.5, 0.6) is 0 Å². The molecular weight excluding hydrogens is 522 g/mol. The number of nitrogens with one attached hydrogen (secondary N) is 1. The Bertz CT molecular complexity index is 1430. The van der Waals surface area contributed by atoms with Gasteiger partial charge in [0.25, 0.3) is 10.0 Å². The van der Waals surface area contributed by atoms with E-state index in [2.05, 4.69) is 5.32 Å². The molecule has 1 N–H and O–H groups in total. The molecule has 0 saturated heterocycles. The van der Waals surface area contributed by atoms with Gasteiger partial charge in [0, 0.05) is 12.6 Å². The summed E-state index contributed by atoms with van der Waals surface area (Å²) >= 11 is 0. The Kier molecular flexibility index (Phi) is 10.1. The molecular formula is C32H41N3O4S. The molecule has 0 fully saturated rings. The zero-order valence-electron chi connectivity index (χ0n) is 24.6. The lowest BCUT2D eigenvalue weighted by Crippen LogP contribution is -2.52. The van der Waals surface area contributed by atoms with Gasteiger partial charge in [-0.05, 0) is 77.3 Å². The zero-order valence-corrected chi connectivity index (χ0v) is 25.4. The molecule has 0 heterocycles. The summed E-state index contributed by atoms with van der Waals surface area (Å²) in [6, 6.07) is 18.9. The second-order valence-electron chi connectivity index (χ2n) is 10.6. The fourth-order valence-corrected chi connectivity index (χ4v) is 5.85. The van der Waals surface area contributed by atoms with Gasteiger partial charge in [0.05, 0.1) is 10.6 Å². The molecule has 0 aromatic heterocycles. The van der Waals surface area contributed by atoms with Gasteiger partial charge in [0.2, 0.25) is 11.8 Å². The molecule has 214 valence electrons. The third-order valence-electron chi connectivity index (χ3n) is 7.15. The molecule has 2 amide bonds. The highest BCUT2D eigenvalue weighted by molar-refractivity contribution is 7.92. The number of carbonyl (C=O) groups is 2. The fourth-order valence-electron chi connectivity index (χ4n) is 4.37. The minimum atomic E-state index is -4.10. The Morgan fingerprint density at radius 2 is 1.38 bits per heavy atom. The quantitative estimate of drug-likeness (QED) is 0.336. The first-order valence-corrected chi connectivity index (χ1v) is 15.1. The molecule has 8 heteroatoms. The molecule has 0 bridgehead atoms. The summed E-state index contributed by atoms with van der Waals surface area (Å²) in [6.07, 6.45) is 0.750. The monoisotopic (exact) mass is 563 g/mol. The summed E-state index contributed by atoms with van der Waals surface area (Å²) in [5.41, 5.74) is 4.99. The van der Waals surface area contributed by atoms with Crippen molar-refractivity contribution in [2.45, 2.75) is 78.4 Å². The summed E-state index contributed by atoms with van der Waals surface area (Å²) in [5.74, 6) is -0.752. The smallest absolute Gasteiger partial charge is 0.264 e. The number of aryl methyl sites for hydroxylation is 4. The van der Waals surface area contributed by atoms with Crippen molar-refractivity contribution in [3.63, 3.8) is 0 Å². The molecule has 2 unspecified atom stereocenters. The molecule has 0 spiro atoms. The number of benzene rings is 3. The maximum absolute atomic E-state index is 14.0. The van der Waals surface area contributed by atoms with Gasteiger partial charge in [-0.1, -0.05) is 72.1 Å². The molecule has 3 aromatic rings. The first-order chi connectivity index (χ1) is 18.8. The van der Waals surface area contributed by atoms with Crippen molar-refractivity contribution in [2.75, 3.05) is 10.8 Å². The molecule has 3 rings (SSSR count). The highest BCUT2D eigenvalue weighted by Gasteiger charge is 2.33. The molecule has 3 aromatic carbocycles. The largest absolute Gasteiger partial charge is 0.352 e. The van der Waals surface area contributed by atoms with Gasteiger partial charge in [-0.15, -0.1) is 0 Å². The standard InChI is InChI=1S/C32H41N3O4S/c1-8-26(6)33-32(37)27(7)34(20-28-14-9-22(2)10-15-28)31(36)21-35(30-18-13-24(4)19-25(30)5)40(38,39)29-16-11-23(3)12-17-29/h9-19,26-27H,8,20-21H2,1-7H3,(H,33,37). The minimum absolute atomic E-state index is 0.0556. The predicted molar refractivity (Wildman–Crippen MR) is 161 cm³/mol. The van der Waals surface area contributed by atoms with Crippen LogP contribution in [0.3, 0.4) is 0 Å². The van der Waals surface area contributed by atoms with E-state index in [0.29, 0.717) is 5.69 Å². The van der Waals surface area contributed by atoms with Gasteiger partial charge in [-0.3, -0.25) is 13.9 Å². The van der Waals surface area contributed by atoms with Gasteiger partial charge < -0.3 is 10.2 Å². The Balaban J connectivity index is 2.05. The van der Waals surface area contributed by atoms with Crippen molar-refractivity contribution in [2.24, 2.45) is 0 Å². The second kappa shape index (κ2) is 13.1. The van der Waals surface area contributed by atoms with Crippen LogP contribution in [0.1, 0.15) is 55.0 Å². The number of sulfonamides is 1. The molecule has 0 aliphatic carbocycles. The van der Waals surface area contributed by atoms with Gasteiger partial charge in [0.15, 0.2) is 0 Å². The van der Waals surface area contributed by atoms with Crippen LogP contribution < -0.4 is 9.62 Å². The van der Waals surface area contributed by atoms with Gasteiger partial charge >= 0.3 is 0 Å². The third kappa shape index (κ3) is 7.50. The maximum atomic E-state index is 14.0. The van der Waals surface area contributed by atoms with Crippen LogP contribution in [0, 0.1) is 27.7 Å². The van der Waals surface area contributed by atoms with E-state index in [9.17, 15) is 18.0 Å². The minimum Gasteiger partial charge on any atom is -0.352 e. The van der Waals surface area contributed by atoms with Gasteiger partial charge in [0.1, 0.15) is 12.6 Å². The Morgan fingerprint density at radius 3 is 1.93 bits per heavy atom. The number of amides is 2. The molecule has 0 radical (unpaired) electrons. The Hall–Kier alpha value is -3.65. The number of anilines is 1. The van der Waals surface area contributed by atoms with E-state index < -0.39 is 28.5 Å². The summed E-state index contributed by atoms with van der Waals surface area (Å²) < 4.78 is 29.2. The number of rotatable bonds is 11. The predicted octanol–water partition coefficient (Wildman–Crippen LogP) is 5.45. The topological polar surface area (TPSA) is 86.8 Å². The van der Waals surface area contributed by atoms with Gasteiger partial charge in [-0.2, -0.15) is 0 Å². The second-order valence-corrected chi connectivity index (χ2v) is 12.5. The van der Waals surface area contributed by atoms with Crippen molar-refractivity contribution in [1.82, 2.24) is 10.2 Å². The van der Waals surface area contributed by atoms with Crippen LogP contribution in [0.4, 0.5) is 5.69 Å². The summed E-state index contributed by atoms with van der Waals surface area (Å²) in [5, 5.41) is 2.96. The van der Waals surface area contributed by atoms with Crippen molar-refractivity contribution in [3.05, 3.63) is 94.5 Å². The van der Waals surface area contributed by atoms with E-state index >= 15 is 0 Å². The average Bonchev–Trinajstić information content (AvgIpc) is 2.91. The number of hydrogen-bond donors (Lipinski definition) is 1. The lowest BCUT2D eigenvalue weighted by atomic mass is 10.1. The highest BCUT2D eigenvalue weighted by atomic mass is 32.2. The fraction of sp³-hybridized carbons (Fsp3) is 0.375. The zero-order chi connectivity index (χ0) is 29.6. The van der Waals surface area contributed by atoms with E-state index in [0.717, 1.165) is 38.5 Å². The lowest BCUT2D eigenvalue weighted by molar-refractivity contribution is -0.139. The summed E-state index contributed by atoms with van der Waals surface area (Å²) in [7, 11) is -4.10. The number of nitrogens with zero attached hydrogens (tertiary/aromatic N) is 2. The van der Waals surface area contributed by atoms with E-state index in [1.165, 1.54) is 4.90 Å². The molecule has 0 aliphatic rings. The first kappa shape index (κ1) is 30.9. The van der Waals surface area contributed by atoms with Crippen LogP contribution in [0.25, 0.3) is 0 Å². The summed E-state index contributed by atoms with van der Waals surface area (Å²) in [4.78, 5) is 28.8. The molecule has 0 saturated carbocycles. The van der Waals surface area contributed by atoms with E-state index in [-0.39, 0.29) is 23.4 Å². The van der Waals surface area contributed by atoms with Crippen molar-refractivity contribution in [1.29, 1.82) is 0 Å². The third-order valence-corrected chi connectivity index (χ3v) is 8.92. The van der Waals surface area contributed by atoms with Crippen LogP contribution in [-0.4, -0.2) is 43.8 Å². The molecule has 7 nitrogen and oxygen atoms in total. The number of hydrogen-bond acceptors (Lipinski definition) is 4. The Labute approximate surface area is 239 Å². The van der Waals surface area contributed by atoms with E-state index in [1.54, 1.807) is 37.3 Å². The maximum Gasteiger partial charge on any atom is 0.264 e. The lowest BCUT2D eigenvalue weighted by Gasteiger charge is -2.33. The van der Waals surface area contributed by atoms with Crippen LogP contribution in [-0.2, 0) is 26.2 Å². The Morgan fingerprint density at radius 1 is 0.825 bits per heavy atom. The van der Waals surface area contributed by atoms with Crippen LogP contribution >= 0.6 is 0 Å². The van der Waals surface area contributed by atoms with Crippen LogP contribution in [0.15, 0.2) is 71.6 Å². The molecule has 40 heavy (non-hydrogen) atoms. The normalized spacial score (nSPS) is 12.9. The first-order valence-electron chi connectivity index (χ1n) is 13.7. The molecule has 0 aliphatic heterocycles. The van der Waals surface area contributed by atoms with E-state index in [1.807, 2.05) is 77.9 Å². The summed E-state index contributed by atoms with van der Waals surface area (Å²) in [6.45, 7) is 12.9. The SMILES string of the molecule is CCC(C)NC(=O)C(C)N(Cc1ccc(C)cc1)C(=O)CN(c1ccc(C)cc1C)S(=O)(=O)c1ccc(C)cc1. The molecule has 2 atom stereocenters. The van der Waals surface area contributed by atoms with Crippen molar-refractivity contribution in [3.8, 4) is 0 Å². The van der Waals surface area contributed by atoms with Crippen molar-refractivity contribution < 1.29 is 18.0 Å². The van der Waals surface area contributed by atoms with Crippen molar-refractivity contribution >= 4 is 27.5 Å². The number of carbonyl (C=O) groups excluding carboxylic acids is 2. The van der Waals surface area contributed by atoms with Gasteiger partial charge in [-0.25, -0.2) is 8.42 Å². The van der Waals surface area contributed by atoms with E-state index in [4.69, 9.17) is 0 Å². The average molecular weight is 564 g/mol. The highest BCUT2D eigenvalue weighted by Crippen LogP contribution is 2.28.